The smallest absolute Gasteiger partial charge is 0.460 e. The van der Waals surface area contributed by atoms with Crippen LogP contribution in [0.5, 0.6) is 11.5 Å². The van der Waals surface area contributed by atoms with E-state index < -0.39 is 74.4 Å². The van der Waals surface area contributed by atoms with Crippen molar-refractivity contribution in [1.29, 1.82) is 0 Å². The molecule has 0 bridgehead atoms. The van der Waals surface area contributed by atoms with Crippen molar-refractivity contribution in [3.8, 4) is 11.5 Å². The number of alkyl halides is 9. The molecule has 2 aromatic carbocycles. The third-order valence-electron chi connectivity index (χ3n) is 5.64. The van der Waals surface area contributed by atoms with Gasteiger partial charge in [-0.3, -0.25) is 0 Å². The lowest BCUT2D eigenvalue weighted by molar-refractivity contribution is -0.443. The van der Waals surface area contributed by atoms with Crippen molar-refractivity contribution in [2.45, 2.75) is 43.6 Å². The molecule has 2 aromatic rings. The second kappa shape index (κ2) is 14.8. The number of nitrogens with zero attached hydrogens (tertiary/aromatic N) is 1. The van der Waals surface area contributed by atoms with E-state index >= 15 is 0 Å². The molecule has 0 fully saturated rings. The molecule has 1 N–H and O–H groups in total. The van der Waals surface area contributed by atoms with E-state index in [1.54, 1.807) is 6.92 Å². The maximum atomic E-state index is 13.7. The van der Waals surface area contributed by atoms with Crippen molar-refractivity contribution in [2.24, 2.45) is 0 Å². The summed E-state index contributed by atoms with van der Waals surface area (Å²) in [6.45, 7) is -2.01. The SMILES string of the molecule is CCOC(Cc1ccc(OCCN(CCOC(F)(F)C(F)(F)C(F)(F)C(F)(F)F)C(=O)Oc2cccc(F)c2)cc1)C(=O)O. The third-order valence-corrected chi connectivity index (χ3v) is 5.64. The van der Waals surface area contributed by atoms with Gasteiger partial charge in [-0.2, -0.15) is 39.5 Å². The first-order chi connectivity index (χ1) is 20.3. The summed E-state index contributed by atoms with van der Waals surface area (Å²) in [5, 5.41) is 9.18. The molecule has 1 amide bonds. The van der Waals surface area contributed by atoms with Crippen molar-refractivity contribution in [3.63, 3.8) is 0 Å². The molecule has 18 heteroatoms. The molecule has 0 saturated heterocycles. The van der Waals surface area contributed by atoms with Crippen LogP contribution in [0.25, 0.3) is 0 Å². The molecule has 0 aliphatic heterocycles. The van der Waals surface area contributed by atoms with Gasteiger partial charge in [0.2, 0.25) is 0 Å². The van der Waals surface area contributed by atoms with Crippen molar-refractivity contribution >= 4 is 12.1 Å². The molecule has 8 nitrogen and oxygen atoms in total. The van der Waals surface area contributed by atoms with Gasteiger partial charge in [-0.15, -0.1) is 0 Å². The van der Waals surface area contributed by atoms with Crippen molar-refractivity contribution in [1.82, 2.24) is 4.90 Å². The van der Waals surface area contributed by atoms with E-state index in [4.69, 9.17) is 14.2 Å². The van der Waals surface area contributed by atoms with Gasteiger partial charge in [-0.05, 0) is 36.8 Å². The largest absolute Gasteiger partial charge is 0.492 e. The van der Waals surface area contributed by atoms with E-state index in [2.05, 4.69) is 4.74 Å². The average molecular weight is 653 g/mol. The average Bonchev–Trinajstić information content (AvgIpc) is 2.91. The molecule has 2 rings (SSSR count). The predicted octanol–water partition coefficient (Wildman–Crippen LogP) is 6.18. The molecule has 0 heterocycles. The van der Waals surface area contributed by atoms with Crippen LogP contribution in [0.4, 0.5) is 48.7 Å². The van der Waals surface area contributed by atoms with Crippen LogP contribution in [0.1, 0.15) is 12.5 Å². The van der Waals surface area contributed by atoms with Gasteiger partial charge in [0.15, 0.2) is 6.10 Å². The summed E-state index contributed by atoms with van der Waals surface area (Å²) in [6.07, 6.45) is -15.9. The Bertz CT molecular complexity index is 1240. The molecule has 0 aliphatic rings. The summed E-state index contributed by atoms with van der Waals surface area (Å²) < 4.78 is 150. The van der Waals surface area contributed by atoms with E-state index in [9.17, 15) is 58.6 Å². The normalized spacial score (nSPS) is 13.3. The maximum Gasteiger partial charge on any atom is 0.460 e. The number of carboxylic acids is 1. The van der Waals surface area contributed by atoms with Crippen molar-refractivity contribution in [2.75, 3.05) is 32.9 Å². The number of carbonyl (C=O) groups excluding carboxylic acids is 1. The molecule has 0 spiro atoms. The second-order valence-electron chi connectivity index (χ2n) is 8.80. The van der Waals surface area contributed by atoms with Crippen LogP contribution >= 0.6 is 0 Å². The molecule has 44 heavy (non-hydrogen) atoms. The predicted molar refractivity (Wildman–Crippen MR) is 130 cm³/mol. The number of carboxylic acid groups (broad SMARTS) is 1. The van der Waals surface area contributed by atoms with Gasteiger partial charge >= 0.3 is 36.2 Å². The molecule has 1 unspecified atom stereocenters. The van der Waals surface area contributed by atoms with Gasteiger partial charge in [0, 0.05) is 25.6 Å². The summed E-state index contributed by atoms with van der Waals surface area (Å²) in [4.78, 5) is 24.3. The Morgan fingerprint density at radius 3 is 2.02 bits per heavy atom. The highest BCUT2D eigenvalue weighted by Crippen LogP contribution is 2.53. The van der Waals surface area contributed by atoms with E-state index in [0.29, 0.717) is 10.5 Å². The number of ether oxygens (including phenoxy) is 4. The zero-order valence-electron chi connectivity index (χ0n) is 22.6. The van der Waals surface area contributed by atoms with E-state index in [1.165, 1.54) is 24.3 Å². The number of aliphatic carboxylic acids is 1. The first kappa shape index (κ1) is 36.4. The van der Waals surface area contributed by atoms with Crippen molar-refractivity contribution < 1.29 is 77.5 Å². The van der Waals surface area contributed by atoms with E-state index in [0.717, 1.165) is 24.3 Å². The minimum atomic E-state index is -7.17. The number of halogens is 10. The van der Waals surface area contributed by atoms with Gasteiger partial charge in [0.25, 0.3) is 0 Å². The Morgan fingerprint density at radius 1 is 0.864 bits per heavy atom. The molecule has 1 atom stereocenters. The lowest BCUT2D eigenvalue weighted by Crippen LogP contribution is -2.62. The van der Waals surface area contributed by atoms with Gasteiger partial charge in [0.1, 0.15) is 23.9 Å². The van der Waals surface area contributed by atoms with Gasteiger partial charge in [0.05, 0.1) is 13.2 Å². The third kappa shape index (κ3) is 9.35. The minimum absolute atomic E-state index is 0.0156. The summed E-state index contributed by atoms with van der Waals surface area (Å²) in [6, 6.07) is 9.78. The van der Waals surface area contributed by atoms with Gasteiger partial charge < -0.3 is 29.0 Å². The molecule has 246 valence electrons. The first-order valence-corrected chi connectivity index (χ1v) is 12.4. The number of rotatable bonds is 16. The zero-order valence-corrected chi connectivity index (χ0v) is 22.6. The lowest BCUT2D eigenvalue weighted by atomic mass is 10.1. The molecular formula is C26H25F10NO7. The van der Waals surface area contributed by atoms with Gasteiger partial charge in [-0.1, -0.05) is 18.2 Å². The fourth-order valence-electron chi connectivity index (χ4n) is 3.35. The van der Waals surface area contributed by atoms with E-state index in [-0.39, 0.29) is 24.5 Å². The molecular weight excluding hydrogens is 628 g/mol. The standard InChI is InChI=1S/C26H25F10NO7/c1-2-41-20(21(38)39)14-16-6-8-18(9-7-16)42-12-10-37(22(40)44-19-5-3-4-17(27)15-19)11-13-43-26(35,36)24(30,31)23(28,29)25(32,33)34/h3-9,15,20H,2,10-14H2,1H3,(H,38,39). The fourth-order valence-corrected chi connectivity index (χ4v) is 3.35. The Morgan fingerprint density at radius 2 is 1.48 bits per heavy atom. The van der Waals surface area contributed by atoms with Crippen LogP contribution in [-0.4, -0.2) is 85.2 Å². The highest BCUT2D eigenvalue weighted by Gasteiger charge is 2.82. The summed E-state index contributed by atoms with van der Waals surface area (Å²) in [5.41, 5.74) is 0.546. The number of hydrogen-bond donors (Lipinski definition) is 1. The topological polar surface area (TPSA) is 94.5 Å². The number of hydrogen-bond acceptors (Lipinski definition) is 6. The Kier molecular flexibility index (Phi) is 12.2. The highest BCUT2D eigenvalue weighted by atomic mass is 19.4. The zero-order chi connectivity index (χ0) is 33.3. The van der Waals surface area contributed by atoms with Crippen LogP contribution in [-0.2, 0) is 20.7 Å². The van der Waals surface area contributed by atoms with Crippen LogP contribution in [0, 0.1) is 5.82 Å². The number of benzene rings is 2. The summed E-state index contributed by atoms with van der Waals surface area (Å²) in [7, 11) is 0. The van der Waals surface area contributed by atoms with E-state index in [1.807, 2.05) is 0 Å². The molecule has 0 radical (unpaired) electrons. The highest BCUT2D eigenvalue weighted by molar-refractivity contribution is 5.72. The van der Waals surface area contributed by atoms with Crippen LogP contribution in [0.2, 0.25) is 0 Å². The Labute approximate surface area is 243 Å². The molecule has 0 saturated carbocycles. The summed E-state index contributed by atoms with van der Waals surface area (Å²) >= 11 is 0. The number of amides is 1. The van der Waals surface area contributed by atoms with Crippen molar-refractivity contribution in [3.05, 3.63) is 59.9 Å². The van der Waals surface area contributed by atoms with Crippen LogP contribution in [0.15, 0.2) is 48.5 Å². The van der Waals surface area contributed by atoms with Crippen LogP contribution < -0.4 is 9.47 Å². The lowest BCUT2D eigenvalue weighted by Gasteiger charge is -2.33. The monoisotopic (exact) mass is 653 g/mol. The maximum absolute atomic E-state index is 13.7. The summed E-state index contributed by atoms with van der Waals surface area (Å²) in [5.74, 6) is -16.4. The number of carbonyl (C=O) groups is 2. The van der Waals surface area contributed by atoms with Gasteiger partial charge in [-0.25, -0.2) is 14.0 Å². The molecule has 0 aromatic heterocycles. The molecule has 0 aliphatic carbocycles. The Hall–Kier alpha value is -3.80. The minimum Gasteiger partial charge on any atom is -0.492 e. The fraction of sp³-hybridized carbons (Fsp3) is 0.462. The quantitative estimate of drug-likeness (QED) is 0.216. The first-order valence-electron chi connectivity index (χ1n) is 12.4. The van der Waals surface area contributed by atoms with Crippen LogP contribution in [0.3, 0.4) is 0 Å². The second-order valence-corrected chi connectivity index (χ2v) is 8.80. The Balaban J connectivity index is 2.09.